The van der Waals surface area contributed by atoms with E-state index in [0.29, 0.717) is 32.8 Å². The van der Waals surface area contributed by atoms with Gasteiger partial charge in [-0.2, -0.15) is 0 Å². The Hall–Kier alpha value is -4.09. The Kier molecular flexibility index (Phi) is 6.16. The monoisotopic (exact) mass is 547 g/mol. The average molecular weight is 548 g/mol. The molecule has 2 unspecified atom stereocenters. The minimum Gasteiger partial charge on any atom is -0.497 e. The van der Waals surface area contributed by atoms with Crippen molar-refractivity contribution in [2.45, 2.75) is 22.7 Å². The van der Waals surface area contributed by atoms with Gasteiger partial charge in [-0.1, -0.05) is 41.3 Å². The number of thioether (sulfide) groups is 1. The van der Waals surface area contributed by atoms with Crippen LogP contribution >= 0.6 is 23.1 Å². The molecule has 1 fully saturated rings. The largest absolute Gasteiger partial charge is 0.497 e. The van der Waals surface area contributed by atoms with E-state index in [2.05, 4.69) is 5.32 Å². The van der Waals surface area contributed by atoms with E-state index < -0.39 is 23.0 Å². The summed E-state index contributed by atoms with van der Waals surface area (Å²) in [5, 5.41) is 2.52. The number of ether oxygens (including phenoxy) is 1. The smallest absolute Gasteiger partial charge is 0.308 e. The van der Waals surface area contributed by atoms with Gasteiger partial charge in [0.15, 0.2) is 0 Å². The fourth-order valence-electron chi connectivity index (χ4n) is 4.88. The van der Waals surface area contributed by atoms with Crippen molar-refractivity contribution in [3.8, 4) is 5.75 Å². The molecule has 2 aliphatic heterocycles. The number of carbonyl (C=O) groups is 3. The fourth-order valence-corrected chi connectivity index (χ4v) is 7.63. The van der Waals surface area contributed by atoms with Gasteiger partial charge >= 0.3 is 4.87 Å². The summed E-state index contributed by atoms with van der Waals surface area (Å²) in [6, 6.07) is 19.1. The third-order valence-corrected chi connectivity index (χ3v) is 9.19. The second kappa shape index (κ2) is 9.66. The summed E-state index contributed by atoms with van der Waals surface area (Å²) in [6.07, 6.45) is 1.50. The molecule has 38 heavy (non-hydrogen) atoms. The number of nitrogens with one attached hydrogen (secondary N) is 1. The van der Waals surface area contributed by atoms with Crippen molar-refractivity contribution in [3.63, 3.8) is 0 Å². The predicted molar refractivity (Wildman–Crippen MR) is 143 cm³/mol. The number of carbonyl (C=O) groups excluding carboxylic acids is 3. The maximum Gasteiger partial charge on any atom is 0.308 e. The Morgan fingerprint density at radius 1 is 1.00 bits per heavy atom. The lowest BCUT2D eigenvalue weighted by Gasteiger charge is -2.29. The number of anilines is 2. The van der Waals surface area contributed by atoms with Gasteiger partial charge in [0.2, 0.25) is 17.7 Å². The molecule has 2 aromatic carbocycles. The van der Waals surface area contributed by atoms with Crippen LogP contribution in [0.25, 0.3) is 0 Å². The second-order valence-corrected chi connectivity index (χ2v) is 10.9. The van der Waals surface area contributed by atoms with E-state index in [0.717, 1.165) is 23.1 Å². The summed E-state index contributed by atoms with van der Waals surface area (Å²) in [6.45, 7) is -0.240. The van der Waals surface area contributed by atoms with Crippen LogP contribution in [-0.4, -0.2) is 34.6 Å². The zero-order valence-electron chi connectivity index (χ0n) is 20.0. The number of hydrogen-bond acceptors (Lipinski definition) is 8. The lowest BCUT2D eigenvalue weighted by atomic mass is 9.87. The maximum absolute atomic E-state index is 13.7. The summed E-state index contributed by atoms with van der Waals surface area (Å²) in [5.74, 6) is -1.31. The first kappa shape index (κ1) is 24.3. The molecule has 0 radical (unpaired) electrons. The number of fused-ring (bicyclic) bond motifs is 2. The summed E-state index contributed by atoms with van der Waals surface area (Å²) in [5.41, 5.74) is 1.06. The number of rotatable bonds is 6. The van der Waals surface area contributed by atoms with E-state index in [-0.39, 0.29) is 23.2 Å². The molecule has 4 heterocycles. The molecule has 11 heteroatoms. The van der Waals surface area contributed by atoms with Crippen LogP contribution in [-0.2, 0) is 20.9 Å². The predicted octanol–water partition coefficient (Wildman–Crippen LogP) is 3.95. The van der Waals surface area contributed by atoms with Gasteiger partial charge in [0.25, 0.3) is 0 Å². The molecule has 3 amide bonds. The molecular formula is C27H21N3O6S2. The van der Waals surface area contributed by atoms with Crippen LogP contribution in [0.15, 0.2) is 87.2 Å². The molecule has 2 aliphatic rings. The second-order valence-electron chi connectivity index (χ2n) is 8.80. The number of aromatic nitrogens is 1. The highest BCUT2D eigenvalue weighted by atomic mass is 32.2. The Morgan fingerprint density at radius 2 is 1.76 bits per heavy atom. The Bertz CT molecular complexity index is 1580. The number of nitrogens with zero attached hydrogens (tertiary/aromatic N) is 2. The van der Waals surface area contributed by atoms with Crippen LogP contribution in [0.2, 0.25) is 0 Å². The normalized spacial score (nSPS) is 20.2. The molecule has 9 nitrogen and oxygen atoms in total. The van der Waals surface area contributed by atoms with E-state index in [9.17, 15) is 19.2 Å². The van der Waals surface area contributed by atoms with Gasteiger partial charge in [-0.25, -0.2) is 4.90 Å². The number of hydrogen-bond donors (Lipinski definition) is 1. The van der Waals surface area contributed by atoms with Crippen LogP contribution in [0, 0.1) is 5.92 Å². The molecule has 0 aliphatic carbocycles. The van der Waals surface area contributed by atoms with Crippen LogP contribution in [0.5, 0.6) is 5.75 Å². The van der Waals surface area contributed by atoms with Crippen LogP contribution in [0.3, 0.4) is 0 Å². The van der Waals surface area contributed by atoms with Crippen molar-refractivity contribution in [2.75, 3.05) is 17.3 Å². The number of para-hydroxylation sites is 1. The molecule has 1 N–H and O–H groups in total. The number of furan rings is 1. The molecule has 0 bridgehead atoms. The molecule has 2 aromatic heterocycles. The number of methoxy groups -OCH3 is 1. The van der Waals surface area contributed by atoms with Crippen molar-refractivity contribution >= 4 is 52.2 Å². The van der Waals surface area contributed by atoms with Gasteiger partial charge in [-0.15, -0.1) is 0 Å². The van der Waals surface area contributed by atoms with Crippen molar-refractivity contribution in [1.29, 1.82) is 0 Å². The Morgan fingerprint density at radius 3 is 2.45 bits per heavy atom. The van der Waals surface area contributed by atoms with Gasteiger partial charge in [0.1, 0.15) is 23.3 Å². The quantitative estimate of drug-likeness (QED) is 0.364. The van der Waals surface area contributed by atoms with Crippen molar-refractivity contribution in [3.05, 3.63) is 93.3 Å². The molecule has 1 saturated heterocycles. The standard InChI is InChI=1S/C27H21N3O6S2/c1-35-17-11-9-15(10-12-17)28-19(31)14-29-26-23(38-27(29)34)20(18-8-5-13-36-18)21-22(37-26)25(33)30(24(21)32)16-6-3-2-4-7-16/h2-13,20-22H,14H2,1H3,(H,28,31)/t20-,21?,22?/m1/s1. The maximum atomic E-state index is 13.7. The molecule has 0 spiro atoms. The van der Waals surface area contributed by atoms with E-state index >= 15 is 0 Å². The Balaban J connectivity index is 1.36. The SMILES string of the molecule is COc1ccc(NC(=O)Cn2c3c(sc2=O)[C@H](c2ccco2)C2C(=O)N(c4ccccc4)C(=O)C2S3)cc1. The van der Waals surface area contributed by atoms with Gasteiger partial charge in [0.05, 0.1) is 40.8 Å². The van der Waals surface area contributed by atoms with E-state index in [1.165, 1.54) is 15.7 Å². The van der Waals surface area contributed by atoms with Crippen molar-refractivity contribution in [2.24, 2.45) is 5.92 Å². The third kappa shape index (κ3) is 4.04. The average Bonchev–Trinajstić information content (AvgIpc) is 3.62. The van der Waals surface area contributed by atoms with Crippen molar-refractivity contribution in [1.82, 2.24) is 4.57 Å². The Labute approximate surface area is 225 Å². The molecule has 0 saturated carbocycles. The summed E-state index contributed by atoms with van der Waals surface area (Å²) in [7, 11) is 1.56. The topological polar surface area (TPSA) is 111 Å². The van der Waals surface area contributed by atoms with E-state index in [1.54, 1.807) is 67.8 Å². The zero-order valence-corrected chi connectivity index (χ0v) is 21.7. The minimum absolute atomic E-state index is 0.240. The van der Waals surface area contributed by atoms with Crippen molar-refractivity contribution < 1.29 is 23.5 Å². The highest BCUT2D eigenvalue weighted by Gasteiger charge is 2.57. The summed E-state index contributed by atoms with van der Waals surface area (Å²) >= 11 is 2.14. The first-order valence-electron chi connectivity index (χ1n) is 11.8. The van der Waals surface area contributed by atoms with Gasteiger partial charge < -0.3 is 14.5 Å². The number of thiazole rings is 1. The summed E-state index contributed by atoms with van der Waals surface area (Å²) in [4.78, 5) is 54.8. The molecule has 6 rings (SSSR count). The van der Waals surface area contributed by atoms with Gasteiger partial charge in [-0.3, -0.25) is 23.7 Å². The van der Waals surface area contributed by atoms with Crippen LogP contribution in [0.1, 0.15) is 16.6 Å². The lowest BCUT2D eigenvalue weighted by molar-refractivity contribution is -0.122. The molecule has 192 valence electrons. The zero-order chi connectivity index (χ0) is 26.4. The van der Waals surface area contributed by atoms with Gasteiger partial charge in [0, 0.05) is 5.69 Å². The minimum atomic E-state index is -0.768. The van der Waals surface area contributed by atoms with E-state index in [4.69, 9.17) is 9.15 Å². The lowest BCUT2D eigenvalue weighted by Crippen LogP contribution is -2.32. The molecular weight excluding hydrogens is 526 g/mol. The molecule has 4 aromatic rings. The third-order valence-electron chi connectivity index (χ3n) is 6.59. The van der Waals surface area contributed by atoms with Crippen LogP contribution in [0.4, 0.5) is 11.4 Å². The number of imide groups is 1. The number of amides is 3. The first-order valence-corrected chi connectivity index (χ1v) is 13.5. The highest BCUT2D eigenvalue weighted by molar-refractivity contribution is 8.00. The molecule has 3 atom stereocenters. The van der Waals surface area contributed by atoms with Crippen LogP contribution < -0.4 is 19.8 Å². The number of benzene rings is 2. The highest BCUT2D eigenvalue weighted by Crippen LogP contribution is 2.53. The first-order chi connectivity index (χ1) is 18.5. The summed E-state index contributed by atoms with van der Waals surface area (Å²) < 4.78 is 12.2. The van der Waals surface area contributed by atoms with E-state index in [1.807, 2.05) is 6.07 Å². The fraction of sp³-hybridized carbons (Fsp3) is 0.185. The van der Waals surface area contributed by atoms with Gasteiger partial charge in [-0.05, 0) is 48.5 Å².